The van der Waals surface area contributed by atoms with E-state index in [1.807, 2.05) is 42.5 Å². The zero-order chi connectivity index (χ0) is 16.2. The Balaban J connectivity index is 1.70. The van der Waals surface area contributed by atoms with Gasteiger partial charge in [-0.15, -0.1) is 0 Å². The summed E-state index contributed by atoms with van der Waals surface area (Å²) in [6, 6.07) is 15.7. The zero-order valence-electron chi connectivity index (χ0n) is 13.2. The molecule has 120 valence electrons. The van der Waals surface area contributed by atoms with E-state index < -0.39 is 0 Å². The van der Waals surface area contributed by atoms with Crippen molar-refractivity contribution in [1.82, 2.24) is 4.90 Å². The van der Waals surface area contributed by atoms with Crippen LogP contribution in [0.4, 0.5) is 4.79 Å². The van der Waals surface area contributed by atoms with Crippen molar-refractivity contribution in [1.29, 1.82) is 0 Å². The lowest BCUT2D eigenvalue weighted by atomic mass is 9.87. The third-order valence-electron chi connectivity index (χ3n) is 4.35. The van der Waals surface area contributed by atoms with Gasteiger partial charge in [-0.1, -0.05) is 48.0 Å². The van der Waals surface area contributed by atoms with Crippen LogP contribution in [0.1, 0.15) is 35.6 Å². The molecule has 1 atom stereocenters. The molecule has 1 aliphatic rings. The van der Waals surface area contributed by atoms with Crippen molar-refractivity contribution in [2.45, 2.75) is 31.9 Å². The largest absolute Gasteiger partial charge is 0.445 e. The van der Waals surface area contributed by atoms with Gasteiger partial charge < -0.3 is 9.64 Å². The molecule has 0 bridgehead atoms. The molecule has 0 radical (unpaired) electrons. The summed E-state index contributed by atoms with van der Waals surface area (Å²) < 4.78 is 5.44. The number of hydrogen-bond acceptors (Lipinski definition) is 2. The lowest BCUT2D eigenvalue weighted by Gasteiger charge is -2.32. The highest BCUT2D eigenvalue weighted by molar-refractivity contribution is 6.30. The maximum absolute atomic E-state index is 12.4. The van der Waals surface area contributed by atoms with E-state index in [1.54, 1.807) is 11.9 Å². The highest BCUT2D eigenvalue weighted by Gasteiger charge is 2.27. The first kappa shape index (κ1) is 15.9. The van der Waals surface area contributed by atoms with Crippen molar-refractivity contribution < 1.29 is 9.53 Å². The Kier molecular flexibility index (Phi) is 4.87. The highest BCUT2D eigenvalue weighted by Crippen LogP contribution is 2.35. The Bertz CT molecular complexity index is 687. The van der Waals surface area contributed by atoms with E-state index in [2.05, 4.69) is 6.07 Å². The van der Waals surface area contributed by atoms with Crippen LogP contribution in [-0.4, -0.2) is 18.0 Å². The number of halogens is 1. The van der Waals surface area contributed by atoms with Gasteiger partial charge in [0.05, 0.1) is 6.04 Å². The van der Waals surface area contributed by atoms with E-state index in [1.165, 1.54) is 5.56 Å². The van der Waals surface area contributed by atoms with Crippen molar-refractivity contribution in [3.05, 3.63) is 70.2 Å². The van der Waals surface area contributed by atoms with Crippen molar-refractivity contribution >= 4 is 17.7 Å². The molecule has 3 nitrogen and oxygen atoms in total. The Hall–Kier alpha value is -2.00. The number of fused-ring (bicyclic) bond motifs is 1. The van der Waals surface area contributed by atoms with Crippen molar-refractivity contribution in [2.75, 3.05) is 7.05 Å². The van der Waals surface area contributed by atoms with Gasteiger partial charge in [-0.2, -0.15) is 0 Å². The van der Waals surface area contributed by atoms with Crippen LogP contribution in [0.25, 0.3) is 0 Å². The Morgan fingerprint density at radius 3 is 2.83 bits per heavy atom. The minimum Gasteiger partial charge on any atom is -0.445 e. The Morgan fingerprint density at radius 2 is 2.04 bits per heavy atom. The van der Waals surface area contributed by atoms with Gasteiger partial charge in [-0.05, 0) is 48.1 Å². The predicted molar refractivity (Wildman–Crippen MR) is 91.5 cm³/mol. The van der Waals surface area contributed by atoms with Crippen molar-refractivity contribution in [3.63, 3.8) is 0 Å². The fourth-order valence-electron chi connectivity index (χ4n) is 3.10. The fourth-order valence-corrected chi connectivity index (χ4v) is 3.28. The molecule has 1 unspecified atom stereocenters. The molecule has 0 fully saturated rings. The fraction of sp³-hybridized carbons (Fsp3) is 0.316. The molecule has 0 aromatic heterocycles. The van der Waals surface area contributed by atoms with Gasteiger partial charge in [0.25, 0.3) is 0 Å². The molecule has 2 aromatic carbocycles. The summed E-state index contributed by atoms with van der Waals surface area (Å²) in [6.45, 7) is 0.291. The third kappa shape index (κ3) is 3.67. The monoisotopic (exact) mass is 329 g/mol. The van der Waals surface area contributed by atoms with Crippen LogP contribution in [0.5, 0.6) is 0 Å². The maximum atomic E-state index is 12.4. The molecule has 0 aliphatic heterocycles. The van der Waals surface area contributed by atoms with Crippen molar-refractivity contribution in [3.8, 4) is 0 Å². The summed E-state index contributed by atoms with van der Waals surface area (Å²) in [4.78, 5) is 14.1. The number of carbonyl (C=O) groups excluding carboxylic acids is 1. The number of hydrogen-bond donors (Lipinski definition) is 0. The topological polar surface area (TPSA) is 29.5 Å². The molecule has 0 saturated heterocycles. The summed E-state index contributed by atoms with van der Waals surface area (Å²) in [5.41, 5.74) is 3.40. The molecule has 4 heteroatoms. The van der Waals surface area contributed by atoms with E-state index in [0.29, 0.717) is 11.6 Å². The molecule has 0 N–H and O–H groups in total. The van der Waals surface area contributed by atoms with Gasteiger partial charge in [-0.3, -0.25) is 0 Å². The quantitative estimate of drug-likeness (QED) is 0.794. The lowest BCUT2D eigenvalue weighted by molar-refractivity contribution is 0.0876. The van der Waals surface area contributed by atoms with Gasteiger partial charge in [0, 0.05) is 12.1 Å². The molecule has 1 aliphatic carbocycles. The number of carbonyl (C=O) groups is 1. The molecule has 0 heterocycles. The zero-order valence-corrected chi connectivity index (χ0v) is 13.9. The Labute approximate surface area is 141 Å². The molecule has 0 spiro atoms. The Morgan fingerprint density at radius 1 is 1.26 bits per heavy atom. The van der Waals surface area contributed by atoms with Crippen LogP contribution >= 0.6 is 11.6 Å². The van der Waals surface area contributed by atoms with Crippen LogP contribution in [0.2, 0.25) is 5.02 Å². The minimum absolute atomic E-state index is 0.0284. The molecule has 1 amide bonds. The molecule has 3 rings (SSSR count). The number of benzene rings is 2. The molecule has 2 aromatic rings. The second-order valence-electron chi connectivity index (χ2n) is 5.90. The second kappa shape index (κ2) is 7.05. The van der Waals surface area contributed by atoms with Gasteiger partial charge in [0.15, 0.2) is 0 Å². The predicted octanol–water partition coefficient (Wildman–Crippen LogP) is 4.99. The van der Waals surface area contributed by atoms with E-state index >= 15 is 0 Å². The minimum atomic E-state index is -0.299. The van der Waals surface area contributed by atoms with Crippen LogP contribution in [0.3, 0.4) is 0 Å². The normalized spacial score (nSPS) is 16.5. The second-order valence-corrected chi connectivity index (χ2v) is 6.34. The number of rotatable bonds is 3. The first-order chi connectivity index (χ1) is 11.1. The average molecular weight is 330 g/mol. The van der Waals surface area contributed by atoms with E-state index in [-0.39, 0.29) is 12.1 Å². The number of aryl methyl sites for hydroxylation is 1. The van der Waals surface area contributed by atoms with Crippen LogP contribution in [0.15, 0.2) is 48.5 Å². The number of ether oxygens (including phenoxy) is 1. The van der Waals surface area contributed by atoms with Crippen LogP contribution in [-0.2, 0) is 17.8 Å². The number of amides is 1. The standard InChI is InChI=1S/C19H20ClNO2/c1-21(19(22)23-13-14-6-3-2-4-7-14)18-9-5-8-15-10-11-16(20)12-17(15)18/h2-4,6-7,10-12,18H,5,8-9,13H2,1H3. The van der Waals surface area contributed by atoms with Gasteiger partial charge in [0.1, 0.15) is 6.61 Å². The van der Waals surface area contributed by atoms with Crippen molar-refractivity contribution in [2.24, 2.45) is 0 Å². The van der Waals surface area contributed by atoms with Gasteiger partial charge >= 0.3 is 6.09 Å². The lowest BCUT2D eigenvalue weighted by Crippen LogP contribution is -2.33. The SMILES string of the molecule is CN(C(=O)OCc1ccccc1)C1CCCc2ccc(Cl)cc21. The smallest absolute Gasteiger partial charge is 0.410 e. The van der Waals surface area contributed by atoms with Crippen LogP contribution < -0.4 is 0 Å². The molecule has 23 heavy (non-hydrogen) atoms. The average Bonchev–Trinajstić information content (AvgIpc) is 2.59. The summed E-state index contributed by atoms with van der Waals surface area (Å²) in [6.07, 6.45) is 2.74. The van der Waals surface area contributed by atoms with E-state index in [4.69, 9.17) is 16.3 Å². The maximum Gasteiger partial charge on any atom is 0.410 e. The summed E-state index contributed by atoms with van der Waals surface area (Å²) in [7, 11) is 1.80. The molecular formula is C19H20ClNO2. The number of nitrogens with zero attached hydrogens (tertiary/aromatic N) is 1. The van der Waals surface area contributed by atoms with E-state index in [0.717, 1.165) is 30.4 Å². The first-order valence-corrected chi connectivity index (χ1v) is 8.25. The molecular weight excluding hydrogens is 310 g/mol. The third-order valence-corrected chi connectivity index (χ3v) is 4.59. The highest BCUT2D eigenvalue weighted by atomic mass is 35.5. The van der Waals surface area contributed by atoms with Gasteiger partial charge in [-0.25, -0.2) is 4.79 Å². The first-order valence-electron chi connectivity index (χ1n) is 7.87. The van der Waals surface area contributed by atoms with E-state index in [9.17, 15) is 4.79 Å². The van der Waals surface area contributed by atoms with Crippen LogP contribution in [0, 0.1) is 0 Å². The summed E-state index contributed by atoms with van der Waals surface area (Å²) in [5, 5.41) is 0.710. The summed E-state index contributed by atoms with van der Waals surface area (Å²) >= 11 is 6.13. The molecule has 0 saturated carbocycles. The summed E-state index contributed by atoms with van der Waals surface area (Å²) in [5.74, 6) is 0. The van der Waals surface area contributed by atoms with Gasteiger partial charge in [0.2, 0.25) is 0 Å².